The van der Waals surface area contributed by atoms with E-state index >= 15 is 0 Å². The molecule has 0 radical (unpaired) electrons. The number of fused-ring (bicyclic) bond motifs is 1. The maximum atomic E-state index is 12.7. The lowest BCUT2D eigenvalue weighted by Gasteiger charge is -2.10. The Morgan fingerprint density at radius 3 is 2.56 bits per heavy atom. The molecular formula is C18H17BF3N3O2. The minimum atomic E-state index is -4.73. The van der Waals surface area contributed by atoms with E-state index in [0.29, 0.717) is 29.0 Å². The molecule has 0 spiro atoms. The molecule has 3 aromatic rings. The highest BCUT2D eigenvalue weighted by molar-refractivity contribution is 6.32. The van der Waals surface area contributed by atoms with Crippen molar-refractivity contribution < 1.29 is 22.7 Å². The molecule has 0 atom stereocenters. The van der Waals surface area contributed by atoms with Crippen LogP contribution in [-0.2, 0) is 13.0 Å². The lowest BCUT2D eigenvalue weighted by molar-refractivity contribution is -0.274. The van der Waals surface area contributed by atoms with E-state index in [1.807, 2.05) is 33.1 Å². The SMILES string of the molecule is Bc1ccc2nc(CC)c(C(=O)NCc3ccc(OC(F)(F)F)cc3)n2c1. The molecule has 9 heteroatoms. The molecular weight excluding hydrogens is 358 g/mol. The van der Waals surface area contributed by atoms with Gasteiger partial charge in [0.15, 0.2) is 0 Å². The van der Waals surface area contributed by atoms with E-state index in [4.69, 9.17) is 0 Å². The number of benzene rings is 1. The van der Waals surface area contributed by atoms with Crippen molar-refractivity contribution in [1.82, 2.24) is 14.7 Å². The van der Waals surface area contributed by atoms with Crippen molar-refractivity contribution in [2.75, 3.05) is 0 Å². The number of aryl methyl sites for hydroxylation is 1. The fourth-order valence-corrected chi connectivity index (χ4v) is 2.76. The van der Waals surface area contributed by atoms with E-state index in [2.05, 4.69) is 15.0 Å². The Bertz CT molecular complexity index is 968. The Morgan fingerprint density at radius 1 is 1.22 bits per heavy atom. The van der Waals surface area contributed by atoms with Gasteiger partial charge in [-0.25, -0.2) is 4.98 Å². The van der Waals surface area contributed by atoms with Gasteiger partial charge >= 0.3 is 6.36 Å². The summed E-state index contributed by atoms with van der Waals surface area (Å²) in [5.41, 5.74) is 3.49. The Hall–Kier alpha value is -2.97. The molecule has 0 saturated heterocycles. The number of nitrogens with one attached hydrogen (secondary N) is 1. The summed E-state index contributed by atoms with van der Waals surface area (Å²) in [6.45, 7) is 2.10. The number of carbonyl (C=O) groups excluding carboxylic acids is 1. The van der Waals surface area contributed by atoms with Crippen LogP contribution in [0, 0.1) is 0 Å². The number of imidazole rings is 1. The van der Waals surface area contributed by atoms with Gasteiger partial charge in [0.05, 0.1) is 5.69 Å². The van der Waals surface area contributed by atoms with Crippen molar-refractivity contribution in [3.63, 3.8) is 0 Å². The standard InChI is InChI=1S/C18H17BF3N3O2/c1-2-14-16(25-10-12(19)5-8-15(25)24-14)17(26)23-9-11-3-6-13(7-4-11)27-18(20,21)22/h3-8,10H,2,9,19H2,1H3,(H,23,26). The molecule has 5 nitrogen and oxygen atoms in total. The van der Waals surface area contributed by atoms with E-state index in [0.717, 1.165) is 5.46 Å². The number of hydrogen-bond donors (Lipinski definition) is 1. The third kappa shape index (κ3) is 4.42. The Morgan fingerprint density at radius 2 is 1.93 bits per heavy atom. The summed E-state index contributed by atoms with van der Waals surface area (Å²) >= 11 is 0. The Kier molecular flexibility index (Phi) is 5.11. The summed E-state index contributed by atoms with van der Waals surface area (Å²) < 4.78 is 42.2. The molecule has 0 bridgehead atoms. The fourth-order valence-electron chi connectivity index (χ4n) is 2.76. The third-order valence-corrected chi connectivity index (χ3v) is 4.00. The van der Waals surface area contributed by atoms with Gasteiger partial charge in [-0.05, 0) is 30.2 Å². The normalized spacial score (nSPS) is 11.6. The van der Waals surface area contributed by atoms with Crippen LogP contribution in [0.15, 0.2) is 42.6 Å². The van der Waals surface area contributed by atoms with Gasteiger partial charge in [0.2, 0.25) is 0 Å². The van der Waals surface area contributed by atoms with Crippen LogP contribution in [-0.4, -0.2) is 29.5 Å². The maximum Gasteiger partial charge on any atom is 0.573 e. The van der Waals surface area contributed by atoms with E-state index in [-0.39, 0.29) is 18.2 Å². The number of ether oxygens (including phenoxy) is 1. The largest absolute Gasteiger partial charge is 0.573 e. The van der Waals surface area contributed by atoms with Crippen molar-refractivity contribution in [3.8, 4) is 5.75 Å². The Labute approximate surface area is 154 Å². The van der Waals surface area contributed by atoms with Gasteiger partial charge in [0.1, 0.15) is 24.9 Å². The zero-order valence-corrected chi connectivity index (χ0v) is 14.8. The molecule has 2 aromatic heterocycles. The summed E-state index contributed by atoms with van der Waals surface area (Å²) in [5.74, 6) is -0.594. The predicted octanol–water partition coefficient (Wildman–Crippen LogP) is 1.98. The minimum Gasteiger partial charge on any atom is -0.406 e. The highest BCUT2D eigenvalue weighted by Gasteiger charge is 2.30. The number of rotatable bonds is 5. The van der Waals surface area contributed by atoms with Gasteiger partial charge in [0.25, 0.3) is 5.91 Å². The number of carbonyl (C=O) groups is 1. The topological polar surface area (TPSA) is 55.6 Å². The lowest BCUT2D eigenvalue weighted by atomic mass is 9.99. The molecule has 1 aromatic carbocycles. The third-order valence-electron chi connectivity index (χ3n) is 4.00. The number of hydrogen-bond acceptors (Lipinski definition) is 3. The highest BCUT2D eigenvalue weighted by Crippen LogP contribution is 2.22. The molecule has 1 amide bonds. The second-order valence-corrected chi connectivity index (χ2v) is 6.07. The first kappa shape index (κ1) is 18.8. The molecule has 27 heavy (non-hydrogen) atoms. The molecule has 140 valence electrons. The molecule has 1 N–H and O–H groups in total. The monoisotopic (exact) mass is 375 g/mol. The first-order valence-corrected chi connectivity index (χ1v) is 8.37. The number of nitrogens with zero attached hydrogens (tertiary/aromatic N) is 2. The van der Waals surface area contributed by atoms with Crippen molar-refractivity contribution in [2.24, 2.45) is 0 Å². The fraction of sp³-hybridized carbons (Fsp3) is 0.222. The van der Waals surface area contributed by atoms with E-state index < -0.39 is 6.36 Å². The first-order valence-electron chi connectivity index (χ1n) is 8.37. The quantitative estimate of drug-likeness (QED) is 0.694. The number of alkyl halides is 3. The van der Waals surface area contributed by atoms with Crippen molar-refractivity contribution in [2.45, 2.75) is 26.3 Å². The van der Waals surface area contributed by atoms with Gasteiger partial charge in [-0.1, -0.05) is 30.6 Å². The van der Waals surface area contributed by atoms with Gasteiger partial charge in [-0.2, -0.15) is 0 Å². The average molecular weight is 375 g/mol. The predicted molar refractivity (Wildman–Crippen MR) is 97.0 cm³/mol. The second-order valence-electron chi connectivity index (χ2n) is 6.07. The average Bonchev–Trinajstić information content (AvgIpc) is 2.97. The second kappa shape index (κ2) is 7.34. The van der Waals surface area contributed by atoms with Gasteiger partial charge in [0, 0.05) is 12.7 Å². The van der Waals surface area contributed by atoms with Crippen LogP contribution in [0.1, 0.15) is 28.7 Å². The highest BCUT2D eigenvalue weighted by atomic mass is 19.4. The number of amides is 1. The number of halogens is 3. The molecule has 0 unspecified atom stereocenters. The molecule has 2 heterocycles. The molecule has 0 aliphatic rings. The van der Waals surface area contributed by atoms with Crippen LogP contribution < -0.4 is 15.5 Å². The van der Waals surface area contributed by atoms with E-state index in [1.54, 1.807) is 4.40 Å². The number of pyridine rings is 1. The van der Waals surface area contributed by atoms with E-state index in [9.17, 15) is 18.0 Å². The lowest BCUT2D eigenvalue weighted by Crippen LogP contribution is -2.25. The summed E-state index contributed by atoms with van der Waals surface area (Å²) in [5, 5.41) is 2.79. The van der Waals surface area contributed by atoms with Gasteiger partial charge in [-0.15, -0.1) is 13.2 Å². The van der Waals surface area contributed by atoms with Crippen molar-refractivity contribution in [3.05, 3.63) is 59.5 Å². The molecule has 0 aliphatic carbocycles. The minimum absolute atomic E-state index is 0.174. The molecule has 0 fully saturated rings. The van der Waals surface area contributed by atoms with Gasteiger partial charge in [-0.3, -0.25) is 9.20 Å². The first-order chi connectivity index (χ1) is 12.8. The Balaban J connectivity index is 1.74. The maximum absolute atomic E-state index is 12.7. The molecule has 0 saturated carbocycles. The number of aromatic nitrogens is 2. The molecule has 0 aliphatic heterocycles. The van der Waals surface area contributed by atoms with Crippen molar-refractivity contribution >= 4 is 24.9 Å². The van der Waals surface area contributed by atoms with Crippen LogP contribution >= 0.6 is 0 Å². The smallest absolute Gasteiger partial charge is 0.406 e. The zero-order valence-electron chi connectivity index (χ0n) is 14.8. The zero-order chi connectivity index (χ0) is 19.6. The summed E-state index contributed by atoms with van der Waals surface area (Å²) in [6.07, 6.45) is -2.28. The van der Waals surface area contributed by atoms with Crippen LogP contribution in [0.25, 0.3) is 5.65 Å². The molecule has 3 rings (SSSR count). The van der Waals surface area contributed by atoms with Crippen LogP contribution in [0.3, 0.4) is 0 Å². The van der Waals surface area contributed by atoms with E-state index in [1.165, 1.54) is 24.3 Å². The summed E-state index contributed by atoms with van der Waals surface area (Å²) in [7, 11) is 1.93. The van der Waals surface area contributed by atoms with Crippen molar-refractivity contribution in [1.29, 1.82) is 0 Å². The van der Waals surface area contributed by atoms with Crippen LogP contribution in [0.4, 0.5) is 13.2 Å². The van der Waals surface area contributed by atoms with Crippen LogP contribution in [0.5, 0.6) is 5.75 Å². The van der Waals surface area contributed by atoms with Gasteiger partial charge < -0.3 is 10.1 Å². The summed E-state index contributed by atoms with van der Waals surface area (Å²) in [4.78, 5) is 17.2. The summed E-state index contributed by atoms with van der Waals surface area (Å²) in [6, 6.07) is 9.15. The van der Waals surface area contributed by atoms with Crippen LogP contribution in [0.2, 0.25) is 0 Å².